The van der Waals surface area contributed by atoms with E-state index >= 15 is 0 Å². The molecule has 51 heavy (non-hydrogen) atoms. The van der Waals surface area contributed by atoms with Gasteiger partial charge in [0.25, 0.3) is 11.8 Å². The van der Waals surface area contributed by atoms with Gasteiger partial charge in [-0.1, -0.05) is 24.3 Å². The number of pyridine rings is 2. The molecule has 6 aromatic rings. The normalized spacial score (nSPS) is 11.1. The molecule has 6 rings (SSSR count). The van der Waals surface area contributed by atoms with Crippen molar-refractivity contribution >= 4 is 29.1 Å². The average molecular weight is 703 g/mol. The van der Waals surface area contributed by atoms with Crippen LogP contribution in [0, 0.1) is 13.8 Å². The number of aromatic nitrogens is 4. The number of amides is 2. The molecule has 0 aliphatic carbocycles. The van der Waals surface area contributed by atoms with Gasteiger partial charge in [0.15, 0.2) is 0 Å². The summed E-state index contributed by atoms with van der Waals surface area (Å²) in [5.74, 6) is -1.76. The van der Waals surface area contributed by atoms with Crippen molar-refractivity contribution in [2.75, 3.05) is 14.2 Å². The van der Waals surface area contributed by atoms with Crippen molar-refractivity contribution in [1.82, 2.24) is 29.4 Å². The van der Waals surface area contributed by atoms with Crippen molar-refractivity contribution in [3.63, 3.8) is 0 Å². The molecule has 0 unspecified atom stereocenters. The van der Waals surface area contributed by atoms with Gasteiger partial charge in [0.05, 0.1) is 25.6 Å². The number of halogens is 3. The van der Waals surface area contributed by atoms with Crippen molar-refractivity contribution in [1.29, 1.82) is 0 Å². The van der Waals surface area contributed by atoms with Gasteiger partial charge in [-0.2, -0.15) is 13.2 Å². The lowest BCUT2D eigenvalue weighted by Gasteiger charge is -2.10. The lowest BCUT2D eigenvalue weighted by Crippen LogP contribution is -2.25. The highest BCUT2D eigenvalue weighted by molar-refractivity contribution is 5.95. The highest BCUT2D eigenvalue weighted by Gasteiger charge is 2.38. The van der Waals surface area contributed by atoms with Gasteiger partial charge in [-0.25, -0.2) is 14.8 Å². The van der Waals surface area contributed by atoms with Crippen LogP contribution in [-0.2, 0) is 17.9 Å². The molecule has 0 aliphatic heterocycles. The Morgan fingerprint density at radius 2 is 1.10 bits per heavy atom. The van der Waals surface area contributed by atoms with E-state index in [4.69, 9.17) is 19.4 Å². The number of carboxylic acids is 1. The molecule has 0 radical (unpaired) electrons. The summed E-state index contributed by atoms with van der Waals surface area (Å²) < 4.78 is 45.9. The number of ether oxygens (including phenoxy) is 2. The van der Waals surface area contributed by atoms with Crippen LogP contribution in [0.15, 0.2) is 85.2 Å². The van der Waals surface area contributed by atoms with Crippen LogP contribution < -0.4 is 20.1 Å². The first kappa shape index (κ1) is 35.9. The number of aliphatic carboxylic acids is 1. The lowest BCUT2D eigenvalue weighted by molar-refractivity contribution is -0.192. The zero-order chi connectivity index (χ0) is 36.9. The molecule has 3 N–H and O–H groups in total. The van der Waals surface area contributed by atoms with Gasteiger partial charge in [0.1, 0.15) is 34.2 Å². The van der Waals surface area contributed by atoms with E-state index in [1.807, 2.05) is 99.0 Å². The SMILES string of the molecule is COc1cccc(CNC(=O)c2c(C)nc3ccc(-c4ccc5nc(C)c(C(=O)NCc6cccc(OC)c6)n5c4)cn23)c1.O=C(O)C(F)(F)F. The van der Waals surface area contributed by atoms with Crippen molar-refractivity contribution in [2.24, 2.45) is 0 Å². The number of nitrogens with zero attached hydrogens (tertiary/aromatic N) is 4. The van der Waals surface area contributed by atoms with E-state index in [0.29, 0.717) is 47.2 Å². The van der Waals surface area contributed by atoms with Crippen LogP contribution in [0.25, 0.3) is 22.4 Å². The van der Waals surface area contributed by atoms with E-state index in [9.17, 15) is 22.8 Å². The molecule has 264 valence electrons. The Bertz CT molecular complexity index is 2100. The van der Waals surface area contributed by atoms with Gasteiger partial charge in [0.2, 0.25) is 0 Å². The summed E-state index contributed by atoms with van der Waals surface area (Å²) in [6, 6.07) is 22.8. The fourth-order valence-electron chi connectivity index (χ4n) is 5.31. The Kier molecular flexibility index (Phi) is 10.6. The molecular formula is C36H33F3N6O6. The molecule has 4 heterocycles. The van der Waals surface area contributed by atoms with Gasteiger partial charge >= 0.3 is 12.1 Å². The number of carboxylic acid groups (broad SMARTS) is 1. The van der Waals surface area contributed by atoms with E-state index in [1.54, 1.807) is 23.0 Å². The van der Waals surface area contributed by atoms with Crippen LogP contribution in [0.3, 0.4) is 0 Å². The molecule has 0 saturated carbocycles. The molecule has 4 aromatic heterocycles. The van der Waals surface area contributed by atoms with Gasteiger partial charge in [-0.15, -0.1) is 0 Å². The average Bonchev–Trinajstić information content (AvgIpc) is 3.63. The van der Waals surface area contributed by atoms with Crippen LogP contribution in [0.1, 0.15) is 43.5 Å². The summed E-state index contributed by atoms with van der Waals surface area (Å²) in [6.07, 6.45) is -1.30. The molecule has 15 heteroatoms. The Hall–Kier alpha value is -6.38. The molecule has 0 spiro atoms. The van der Waals surface area contributed by atoms with Gasteiger partial charge in [-0.3, -0.25) is 18.4 Å². The Labute approximate surface area is 289 Å². The maximum atomic E-state index is 13.3. The molecule has 0 fully saturated rings. The molecule has 12 nitrogen and oxygen atoms in total. The quantitative estimate of drug-likeness (QED) is 0.172. The van der Waals surface area contributed by atoms with Crippen molar-refractivity contribution in [3.05, 3.63) is 119 Å². The van der Waals surface area contributed by atoms with Gasteiger partial charge in [-0.05, 0) is 84.6 Å². The third kappa shape index (κ3) is 8.26. The third-order valence-electron chi connectivity index (χ3n) is 7.77. The van der Waals surface area contributed by atoms with Crippen molar-refractivity contribution in [3.8, 4) is 22.6 Å². The second-order valence-electron chi connectivity index (χ2n) is 11.3. The highest BCUT2D eigenvalue weighted by atomic mass is 19.4. The smallest absolute Gasteiger partial charge is 0.490 e. The van der Waals surface area contributed by atoms with Crippen LogP contribution in [0.2, 0.25) is 0 Å². The number of aryl methyl sites for hydroxylation is 2. The summed E-state index contributed by atoms with van der Waals surface area (Å²) in [7, 11) is 3.23. The minimum absolute atomic E-state index is 0.231. The van der Waals surface area contributed by atoms with E-state index in [-0.39, 0.29) is 11.8 Å². The lowest BCUT2D eigenvalue weighted by atomic mass is 10.1. The van der Waals surface area contributed by atoms with E-state index in [2.05, 4.69) is 20.6 Å². The first-order chi connectivity index (χ1) is 24.3. The largest absolute Gasteiger partial charge is 0.497 e. The van der Waals surface area contributed by atoms with Gasteiger partial charge < -0.3 is 25.2 Å². The summed E-state index contributed by atoms with van der Waals surface area (Å²) in [4.78, 5) is 44.8. The number of fused-ring (bicyclic) bond motifs is 2. The van der Waals surface area contributed by atoms with Crippen molar-refractivity contribution in [2.45, 2.75) is 33.1 Å². The van der Waals surface area contributed by atoms with Crippen LogP contribution in [0.4, 0.5) is 13.2 Å². The number of carbonyl (C=O) groups excluding carboxylic acids is 2. The number of nitrogens with one attached hydrogen (secondary N) is 2. The monoisotopic (exact) mass is 702 g/mol. The van der Waals surface area contributed by atoms with Crippen molar-refractivity contribution < 1.29 is 42.1 Å². The van der Waals surface area contributed by atoms with Gasteiger partial charge in [0, 0.05) is 25.5 Å². The zero-order valence-electron chi connectivity index (χ0n) is 27.9. The van der Waals surface area contributed by atoms with E-state index in [0.717, 1.165) is 33.8 Å². The maximum absolute atomic E-state index is 13.3. The summed E-state index contributed by atoms with van der Waals surface area (Å²) in [5, 5.41) is 13.1. The molecule has 0 bridgehead atoms. The van der Waals surface area contributed by atoms with Crippen LogP contribution >= 0.6 is 0 Å². The number of alkyl halides is 3. The number of hydrogen-bond acceptors (Lipinski definition) is 7. The second kappa shape index (κ2) is 15.0. The highest BCUT2D eigenvalue weighted by Crippen LogP contribution is 2.25. The topological polar surface area (TPSA) is 149 Å². The zero-order valence-corrected chi connectivity index (χ0v) is 27.9. The molecular weight excluding hydrogens is 669 g/mol. The first-order valence-corrected chi connectivity index (χ1v) is 15.4. The predicted molar refractivity (Wildman–Crippen MR) is 181 cm³/mol. The number of benzene rings is 2. The fourth-order valence-corrected chi connectivity index (χ4v) is 5.31. The Morgan fingerprint density at radius 3 is 1.45 bits per heavy atom. The molecule has 0 aliphatic rings. The minimum atomic E-state index is -5.08. The molecule has 0 atom stereocenters. The van der Waals surface area contributed by atoms with E-state index in [1.165, 1.54) is 0 Å². The predicted octanol–water partition coefficient (Wildman–Crippen LogP) is 5.78. The minimum Gasteiger partial charge on any atom is -0.497 e. The second-order valence-corrected chi connectivity index (χ2v) is 11.3. The maximum Gasteiger partial charge on any atom is 0.490 e. The summed E-state index contributed by atoms with van der Waals surface area (Å²) >= 11 is 0. The number of carbonyl (C=O) groups is 3. The number of hydrogen-bond donors (Lipinski definition) is 3. The number of rotatable bonds is 9. The Morgan fingerprint density at radius 1 is 0.706 bits per heavy atom. The first-order valence-electron chi connectivity index (χ1n) is 15.4. The third-order valence-corrected chi connectivity index (χ3v) is 7.77. The number of methoxy groups -OCH3 is 2. The Balaban J connectivity index is 0.000000654. The summed E-state index contributed by atoms with van der Waals surface area (Å²) in [5.41, 5.74) is 7.06. The van der Waals surface area contributed by atoms with Crippen LogP contribution in [-0.4, -0.2) is 62.1 Å². The van der Waals surface area contributed by atoms with E-state index < -0.39 is 12.1 Å². The molecule has 0 saturated heterocycles. The fraction of sp³-hybridized carbons (Fsp3) is 0.194. The number of imidazole rings is 2. The summed E-state index contributed by atoms with van der Waals surface area (Å²) in [6.45, 7) is 4.34. The molecule has 2 aromatic carbocycles. The molecule has 2 amide bonds. The standard InChI is InChI=1S/C34H32N6O4.C2HF3O2/c1-21-31(33(41)35-17-23-7-5-9-27(15-23)43-3)39-19-25(11-13-29(39)37-21)26-12-14-30-38-22(2)32(40(30)20-26)34(42)36-18-24-8-6-10-28(16-24)44-4;3-2(4,5)1(6)7/h5-16,19-20H,17-18H2,1-4H3,(H,35,41)(H,36,42);(H,6,7). The van der Waals surface area contributed by atoms with Crippen LogP contribution in [0.5, 0.6) is 11.5 Å².